The Morgan fingerprint density at radius 3 is 2.50 bits per heavy atom. The molecule has 0 aliphatic rings. The maximum Gasteiger partial charge on any atom is 0.451 e. The van der Waals surface area contributed by atoms with Gasteiger partial charge in [-0.05, 0) is 12.1 Å². The number of hydrogen-bond acceptors (Lipinski definition) is 3. The normalized spacial score (nSPS) is 13.6. The fourth-order valence-electron chi connectivity index (χ4n) is 0.903. The van der Waals surface area contributed by atoms with Crippen molar-refractivity contribution in [3.05, 3.63) is 24.2 Å². The van der Waals surface area contributed by atoms with E-state index in [1.165, 1.54) is 6.07 Å². The Morgan fingerprint density at radius 2 is 2.14 bits per heavy atom. The van der Waals surface area contributed by atoms with Gasteiger partial charge in [0.25, 0.3) is 5.78 Å². The minimum atomic E-state index is -5.03. The van der Waals surface area contributed by atoms with Crippen LogP contribution in [-0.2, 0) is 9.59 Å². The highest BCUT2D eigenvalue weighted by atomic mass is 19.4. The van der Waals surface area contributed by atoms with Crippen molar-refractivity contribution in [3.8, 4) is 0 Å². The van der Waals surface area contributed by atoms with Crippen molar-refractivity contribution < 1.29 is 27.2 Å². The van der Waals surface area contributed by atoms with E-state index in [4.69, 9.17) is 0 Å². The highest BCUT2D eigenvalue weighted by Gasteiger charge is 2.44. The Balaban J connectivity index is 2.94. The van der Waals surface area contributed by atoms with Crippen LogP contribution in [0.3, 0.4) is 0 Å². The van der Waals surface area contributed by atoms with Gasteiger partial charge in [-0.25, -0.2) is 0 Å². The number of carbonyl (C=O) groups excluding carboxylic acids is 2. The average Bonchev–Trinajstić information content (AvgIpc) is 2.57. The summed E-state index contributed by atoms with van der Waals surface area (Å²) in [5, 5.41) is 0. The Morgan fingerprint density at radius 1 is 1.50 bits per heavy atom. The SMILES string of the molecule is O=CC(C(=O)C(F)(F)F)c1ccco1. The first kappa shape index (κ1) is 10.5. The van der Waals surface area contributed by atoms with Crippen LogP contribution in [0.2, 0.25) is 0 Å². The van der Waals surface area contributed by atoms with Gasteiger partial charge in [-0.15, -0.1) is 0 Å². The van der Waals surface area contributed by atoms with E-state index in [1.54, 1.807) is 0 Å². The Hall–Kier alpha value is -1.59. The molecular formula is C8H5F3O3. The minimum absolute atomic E-state index is 0.0886. The first-order chi connectivity index (χ1) is 6.46. The number of hydrogen-bond donors (Lipinski definition) is 0. The number of alkyl halides is 3. The quantitative estimate of drug-likeness (QED) is 0.558. The largest absolute Gasteiger partial charge is 0.468 e. The highest BCUT2D eigenvalue weighted by molar-refractivity contribution is 6.01. The molecule has 14 heavy (non-hydrogen) atoms. The summed E-state index contributed by atoms with van der Waals surface area (Å²) in [6.45, 7) is 0. The van der Waals surface area contributed by atoms with E-state index >= 15 is 0 Å². The van der Waals surface area contributed by atoms with E-state index in [1.807, 2.05) is 0 Å². The number of aldehydes is 1. The van der Waals surface area contributed by atoms with Gasteiger partial charge in [-0.1, -0.05) is 0 Å². The summed E-state index contributed by atoms with van der Waals surface area (Å²) in [6.07, 6.45) is -4.03. The van der Waals surface area contributed by atoms with E-state index in [9.17, 15) is 22.8 Å². The van der Waals surface area contributed by atoms with Gasteiger partial charge in [0.15, 0.2) is 0 Å². The lowest BCUT2D eigenvalue weighted by Gasteiger charge is -2.08. The fourth-order valence-corrected chi connectivity index (χ4v) is 0.903. The maximum atomic E-state index is 11.9. The molecule has 0 aliphatic heterocycles. The van der Waals surface area contributed by atoms with Crippen molar-refractivity contribution in [3.63, 3.8) is 0 Å². The molecule has 0 saturated carbocycles. The molecule has 0 fully saturated rings. The van der Waals surface area contributed by atoms with Crippen LogP contribution in [0.5, 0.6) is 0 Å². The van der Waals surface area contributed by atoms with Crippen molar-refractivity contribution in [2.45, 2.75) is 12.1 Å². The summed E-state index contributed by atoms with van der Waals surface area (Å²) in [4.78, 5) is 21.0. The smallest absolute Gasteiger partial charge is 0.451 e. The summed E-state index contributed by atoms with van der Waals surface area (Å²) < 4.78 is 40.3. The van der Waals surface area contributed by atoms with Gasteiger partial charge in [-0.2, -0.15) is 13.2 Å². The Labute approximate surface area is 76.5 Å². The predicted octanol–water partition coefficient (Wildman–Crippen LogP) is 1.69. The minimum Gasteiger partial charge on any atom is -0.468 e. The molecule has 1 unspecified atom stereocenters. The molecule has 1 heterocycles. The molecule has 0 spiro atoms. The second kappa shape index (κ2) is 3.65. The lowest BCUT2D eigenvalue weighted by molar-refractivity contribution is -0.173. The molecule has 0 N–H and O–H groups in total. The first-order valence-electron chi connectivity index (χ1n) is 3.56. The zero-order valence-corrected chi connectivity index (χ0v) is 6.75. The van der Waals surface area contributed by atoms with E-state index in [0.29, 0.717) is 0 Å². The molecule has 0 saturated heterocycles. The molecule has 1 rings (SSSR count). The topological polar surface area (TPSA) is 47.3 Å². The molecule has 1 aromatic rings. The molecule has 3 nitrogen and oxygen atoms in total. The molecule has 0 aliphatic carbocycles. The average molecular weight is 206 g/mol. The third-order valence-electron chi connectivity index (χ3n) is 1.55. The van der Waals surface area contributed by atoms with Crippen LogP contribution in [0.4, 0.5) is 13.2 Å². The molecule has 0 aromatic carbocycles. The van der Waals surface area contributed by atoms with E-state index in [-0.39, 0.29) is 12.0 Å². The van der Waals surface area contributed by atoms with Crippen LogP contribution in [0, 0.1) is 0 Å². The van der Waals surface area contributed by atoms with E-state index < -0.39 is 17.9 Å². The molecule has 1 atom stereocenters. The zero-order valence-electron chi connectivity index (χ0n) is 6.75. The molecule has 6 heteroatoms. The van der Waals surface area contributed by atoms with Crippen molar-refractivity contribution in [2.24, 2.45) is 0 Å². The van der Waals surface area contributed by atoms with E-state index in [2.05, 4.69) is 4.42 Å². The third kappa shape index (κ3) is 2.01. The third-order valence-corrected chi connectivity index (χ3v) is 1.55. The molecule has 1 aromatic heterocycles. The van der Waals surface area contributed by atoms with Gasteiger partial charge in [0.2, 0.25) is 0 Å². The van der Waals surface area contributed by atoms with Crippen LogP contribution in [0.1, 0.15) is 11.7 Å². The number of Topliss-reactive ketones (excluding diaryl/α,β-unsaturated/α-hetero) is 1. The van der Waals surface area contributed by atoms with Crippen molar-refractivity contribution in [2.75, 3.05) is 0 Å². The first-order valence-corrected chi connectivity index (χ1v) is 3.56. The molecule has 76 valence electrons. The van der Waals surface area contributed by atoms with Gasteiger partial charge >= 0.3 is 6.18 Å². The summed E-state index contributed by atoms with van der Waals surface area (Å²) >= 11 is 0. The number of ketones is 1. The molecular weight excluding hydrogens is 201 g/mol. The van der Waals surface area contributed by atoms with Crippen molar-refractivity contribution >= 4 is 12.1 Å². The van der Waals surface area contributed by atoms with Crippen molar-refractivity contribution in [1.82, 2.24) is 0 Å². The van der Waals surface area contributed by atoms with Gasteiger partial charge in [0.1, 0.15) is 18.0 Å². The lowest BCUT2D eigenvalue weighted by Crippen LogP contribution is -2.29. The van der Waals surface area contributed by atoms with Crippen LogP contribution in [0.25, 0.3) is 0 Å². The summed E-state index contributed by atoms with van der Waals surface area (Å²) in [5.74, 6) is -4.32. The second-order valence-corrected chi connectivity index (χ2v) is 2.49. The number of furan rings is 1. The summed E-state index contributed by atoms with van der Waals surface area (Å²) in [7, 11) is 0. The van der Waals surface area contributed by atoms with Crippen LogP contribution in [0.15, 0.2) is 22.8 Å². The Bertz CT molecular complexity index is 326. The van der Waals surface area contributed by atoms with Gasteiger partial charge in [0.05, 0.1) is 6.26 Å². The van der Waals surface area contributed by atoms with Gasteiger partial charge in [0, 0.05) is 0 Å². The fraction of sp³-hybridized carbons (Fsp3) is 0.250. The predicted molar refractivity (Wildman–Crippen MR) is 38.6 cm³/mol. The van der Waals surface area contributed by atoms with Crippen molar-refractivity contribution in [1.29, 1.82) is 0 Å². The zero-order chi connectivity index (χ0) is 10.8. The highest BCUT2D eigenvalue weighted by Crippen LogP contribution is 2.26. The van der Waals surface area contributed by atoms with Crippen LogP contribution >= 0.6 is 0 Å². The van der Waals surface area contributed by atoms with Crippen LogP contribution in [-0.4, -0.2) is 18.2 Å². The standard InChI is InChI=1S/C8H5F3O3/c9-8(10,11)7(13)5(4-12)6-2-1-3-14-6/h1-5H. The summed E-state index contributed by atoms with van der Waals surface area (Å²) in [5.41, 5.74) is 0. The molecule has 0 radical (unpaired) electrons. The lowest BCUT2D eigenvalue weighted by atomic mass is 10.0. The van der Waals surface area contributed by atoms with E-state index in [0.717, 1.165) is 12.3 Å². The number of carbonyl (C=O) groups is 2. The monoisotopic (exact) mass is 206 g/mol. The number of rotatable bonds is 3. The molecule has 0 bridgehead atoms. The molecule has 0 amide bonds. The van der Waals surface area contributed by atoms with Gasteiger partial charge in [-0.3, -0.25) is 4.79 Å². The number of halogens is 3. The van der Waals surface area contributed by atoms with Gasteiger partial charge < -0.3 is 9.21 Å². The van der Waals surface area contributed by atoms with Crippen LogP contribution < -0.4 is 0 Å². The Kier molecular flexibility index (Phi) is 2.73. The second-order valence-electron chi connectivity index (χ2n) is 2.49. The maximum absolute atomic E-state index is 11.9. The summed E-state index contributed by atoms with van der Waals surface area (Å²) in [6, 6.07) is 2.44.